The minimum atomic E-state index is 1.00. The molecule has 4 bridgehead atoms. The highest BCUT2D eigenvalue weighted by Crippen LogP contribution is 2.58. The number of rotatable bonds is 0. The van der Waals surface area contributed by atoms with E-state index in [1.807, 2.05) is 0 Å². The summed E-state index contributed by atoms with van der Waals surface area (Å²) in [5, 5.41) is 0. The van der Waals surface area contributed by atoms with Gasteiger partial charge in [0.25, 0.3) is 0 Å². The zero-order valence-electron chi connectivity index (χ0n) is 4.26. The highest BCUT2D eigenvalue weighted by atomic mass is 16.8. The van der Waals surface area contributed by atoms with Crippen LogP contribution >= 0.6 is 0 Å². The van der Waals surface area contributed by atoms with Gasteiger partial charge in [-0.25, -0.2) is 0 Å². The van der Waals surface area contributed by atoms with E-state index in [1.54, 1.807) is 0 Å². The summed E-state index contributed by atoms with van der Waals surface area (Å²) in [6, 6.07) is 0. The van der Waals surface area contributed by atoms with Gasteiger partial charge in [0, 0.05) is 18.8 Å². The third kappa shape index (κ3) is 0.194. The second-order valence-corrected chi connectivity index (χ2v) is 3.05. The minimum absolute atomic E-state index is 1.00. The van der Waals surface area contributed by atoms with Gasteiger partial charge in [-0.1, -0.05) is 0 Å². The van der Waals surface area contributed by atoms with Crippen LogP contribution in [0.1, 0.15) is 12.8 Å². The van der Waals surface area contributed by atoms with Crippen molar-refractivity contribution in [2.45, 2.75) is 25.0 Å². The molecule has 2 atom stereocenters. The molecular weight excluding hydrogens is 88.1 g/mol. The van der Waals surface area contributed by atoms with Crippen molar-refractivity contribution in [2.24, 2.45) is 5.92 Å². The Hall–Kier alpha value is -0.0400. The quantitative estimate of drug-likeness (QED) is 0.309. The van der Waals surface area contributed by atoms with E-state index in [4.69, 9.17) is 0 Å². The summed E-state index contributed by atoms with van der Waals surface area (Å²) in [5.74, 6) is 1.10. The lowest BCUT2D eigenvalue weighted by molar-refractivity contribution is 0.0803. The Labute approximate surface area is 43.0 Å². The molecule has 0 aromatic heterocycles. The fourth-order valence-electron chi connectivity index (χ4n) is 2.31. The first-order valence-corrected chi connectivity index (χ1v) is 3.13. The molecule has 4 rings (SSSR count). The van der Waals surface area contributed by atoms with Crippen molar-refractivity contribution < 1.29 is 4.37 Å². The largest absolute Gasteiger partial charge is 0.405 e. The number of hydrogen-bond acceptors (Lipinski definition) is 0. The third-order valence-corrected chi connectivity index (χ3v) is 2.68. The van der Waals surface area contributed by atoms with Gasteiger partial charge in [-0.15, -0.1) is 0 Å². The van der Waals surface area contributed by atoms with Crippen molar-refractivity contribution in [1.82, 2.24) is 0 Å². The van der Waals surface area contributed by atoms with Gasteiger partial charge in [0.1, 0.15) is 6.61 Å². The molecule has 38 valence electrons. The van der Waals surface area contributed by atoms with E-state index < -0.39 is 0 Å². The van der Waals surface area contributed by atoms with Crippen LogP contribution in [0, 0.1) is 5.92 Å². The van der Waals surface area contributed by atoms with Crippen molar-refractivity contribution in [3.05, 3.63) is 0 Å². The van der Waals surface area contributed by atoms with Crippen molar-refractivity contribution in [2.75, 3.05) is 6.61 Å². The molecule has 4 fully saturated rings. The molecule has 0 amide bonds. The highest BCUT2D eigenvalue weighted by Gasteiger charge is 2.71. The summed E-state index contributed by atoms with van der Waals surface area (Å²) in [7, 11) is 0. The van der Waals surface area contributed by atoms with Crippen molar-refractivity contribution in [3.63, 3.8) is 0 Å². The zero-order valence-corrected chi connectivity index (χ0v) is 4.26. The van der Waals surface area contributed by atoms with Crippen LogP contribution < -0.4 is 0 Å². The normalized spacial score (nSPS) is 64.3. The van der Waals surface area contributed by atoms with Gasteiger partial charge in [0.05, 0.1) is 0 Å². The van der Waals surface area contributed by atoms with E-state index in [-0.39, 0.29) is 0 Å². The van der Waals surface area contributed by atoms with E-state index in [9.17, 15) is 0 Å². The third-order valence-electron chi connectivity index (χ3n) is 2.68. The molecule has 1 nitrogen and oxygen atoms in total. The van der Waals surface area contributed by atoms with Crippen molar-refractivity contribution in [1.29, 1.82) is 0 Å². The van der Waals surface area contributed by atoms with Gasteiger partial charge in [0.2, 0.25) is 12.2 Å². The van der Waals surface area contributed by atoms with Crippen LogP contribution in [-0.4, -0.2) is 18.8 Å². The minimum Gasteiger partial charge on any atom is -0.405 e. The summed E-state index contributed by atoms with van der Waals surface area (Å²) < 4.78 is 3.34. The van der Waals surface area contributed by atoms with Crippen molar-refractivity contribution in [3.8, 4) is 0 Å². The lowest BCUT2D eigenvalue weighted by Crippen LogP contribution is -1.88. The first-order valence-electron chi connectivity index (χ1n) is 3.13. The maximum absolute atomic E-state index is 3.34. The summed E-state index contributed by atoms with van der Waals surface area (Å²) in [5.41, 5.74) is 0. The predicted octanol–water partition coefficient (Wildman–Crippen LogP) is 0.713. The summed E-state index contributed by atoms with van der Waals surface area (Å²) in [4.78, 5) is 0. The Morgan fingerprint density at radius 1 is 1.14 bits per heavy atom. The van der Waals surface area contributed by atoms with E-state index in [0.29, 0.717) is 0 Å². The first-order chi connectivity index (χ1) is 3.45. The molecule has 3 aliphatic heterocycles. The molecule has 0 aromatic rings. The van der Waals surface area contributed by atoms with Gasteiger partial charge in [-0.2, -0.15) is 0 Å². The molecule has 4 aliphatic rings. The fourth-order valence-corrected chi connectivity index (χ4v) is 2.31. The Morgan fingerprint density at radius 2 is 1.86 bits per heavy atom. The second kappa shape index (κ2) is 0.655. The highest BCUT2D eigenvalue weighted by molar-refractivity contribution is 5.07. The summed E-state index contributed by atoms with van der Waals surface area (Å²) in [6.07, 6.45) is 5.03. The van der Waals surface area contributed by atoms with E-state index in [1.165, 1.54) is 19.4 Å². The van der Waals surface area contributed by atoms with Gasteiger partial charge in [-0.05, 0) is 0 Å². The molecule has 0 N–H and O–H groups in total. The maximum atomic E-state index is 3.34. The average molecular weight is 97.1 g/mol. The average Bonchev–Trinajstić information content (AvgIpc) is 2.10. The van der Waals surface area contributed by atoms with E-state index in [2.05, 4.69) is 4.37 Å². The van der Waals surface area contributed by atoms with Crippen molar-refractivity contribution >= 4 is 0 Å². The van der Waals surface area contributed by atoms with Crippen LogP contribution in [0.25, 0.3) is 0 Å². The molecule has 0 radical (unpaired) electrons. The van der Waals surface area contributed by atoms with E-state index >= 15 is 0 Å². The monoisotopic (exact) mass is 97.1 g/mol. The molecule has 2 unspecified atom stereocenters. The van der Waals surface area contributed by atoms with Crippen LogP contribution in [0.3, 0.4) is 0 Å². The number of hydrogen-bond donors (Lipinski definition) is 0. The maximum Gasteiger partial charge on any atom is 0.229 e. The van der Waals surface area contributed by atoms with Gasteiger partial charge in [0.15, 0.2) is 0 Å². The first kappa shape index (κ1) is 3.08. The Bertz CT molecular complexity index is 91.6. The van der Waals surface area contributed by atoms with Crippen LogP contribution in [-0.2, 0) is 4.37 Å². The zero-order chi connectivity index (χ0) is 4.43. The fraction of sp³-hybridized carbons (Fsp3) is 1.00. The summed E-state index contributed by atoms with van der Waals surface area (Å²) >= 11 is 0. The Balaban J connectivity index is 2.17. The SMILES string of the molecule is C1C2CC3C1[O+]3C2. The van der Waals surface area contributed by atoms with Gasteiger partial charge in [-0.3, -0.25) is 0 Å². The molecule has 1 saturated carbocycles. The molecule has 0 spiro atoms. The number of epoxide rings is 1. The lowest BCUT2D eigenvalue weighted by atomic mass is 10.2. The molecule has 1 aliphatic carbocycles. The molecule has 3 heterocycles. The van der Waals surface area contributed by atoms with Crippen LogP contribution in [0.2, 0.25) is 0 Å². The topological polar surface area (TPSA) is 2.70 Å². The smallest absolute Gasteiger partial charge is 0.229 e. The standard InChI is InChI=1S/C6H9O/c1-4-2-6-5(1)7(6)3-4/h4-6H,1-3H2/q+1. The molecule has 1 heteroatoms. The van der Waals surface area contributed by atoms with E-state index in [0.717, 1.165) is 18.1 Å². The Morgan fingerprint density at radius 3 is 2.00 bits per heavy atom. The molecule has 7 heavy (non-hydrogen) atoms. The molecule has 3 saturated heterocycles. The second-order valence-electron chi connectivity index (χ2n) is 3.05. The Kier molecular flexibility index (Phi) is 0.288. The van der Waals surface area contributed by atoms with Crippen LogP contribution in [0.15, 0.2) is 0 Å². The predicted molar refractivity (Wildman–Crippen MR) is 26.3 cm³/mol. The van der Waals surface area contributed by atoms with Crippen LogP contribution in [0.5, 0.6) is 0 Å². The summed E-state index contributed by atoms with van der Waals surface area (Å²) in [6.45, 7) is 1.37. The molecular formula is C6H9O+. The van der Waals surface area contributed by atoms with Gasteiger partial charge < -0.3 is 4.37 Å². The van der Waals surface area contributed by atoms with Gasteiger partial charge >= 0.3 is 0 Å². The lowest BCUT2D eigenvalue weighted by Gasteiger charge is -1.82. The molecule has 0 aromatic carbocycles. The van der Waals surface area contributed by atoms with Crippen LogP contribution in [0.4, 0.5) is 0 Å².